The van der Waals surface area contributed by atoms with E-state index in [-0.39, 0.29) is 19.3 Å². The molecule has 4 rings (SSSR count). The van der Waals surface area contributed by atoms with Crippen molar-refractivity contribution in [3.05, 3.63) is 78.6 Å². The Labute approximate surface area is 187 Å². The van der Waals surface area contributed by atoms with Crippen molar-refractivity contribution < 1.29 is 28.4 Å². The van der Waals surface area contributed by atoms with Crippen LogP contribution in [-0.4, -0.2) is 50.7 Å². The standard InChI is InChI=1S/C25H27NO6/c1-3-10-24-22(8-1)28-15-13-27-14-16-29-23-9-2-4-11-25(23)32-19-21(18-31-24)30-17-20-7-5-6-12-26-20/h1-12,21H,13-19H2. The lowest BCUT2D eigenvalue weighted by Gasteiger charge is -2.21. The van der Waals surface area contributed by atoms with Gasteiger partial charge in [-0.15, -0.1) is 0 Å². The first-order valence-corrected chi connectivity index (χ1v) is 10.7. The predicted molar refractivity (Wildman–Crippen MR) is 118 cm³/mol. The second-order valence-electron chi connectivity index (χ2n) is 7.08. The number of hydrogen-bond donors (Lipinski definition) is 0. The van der Waals surface area contributed by atoms with Gasteiger partial charge >= 0.3 is 0 Å². The third kappa shape index (κ3) is 6.60. The molecule has 0 N–H and O–H groups in total. The maximum absolute atomic E-state index is 6.09. The van der Waals surface area contributed by atoms with Crippen LogP contribution in [0.3, 0.4) is 0 Å². The van der Waals surface area contributed by atoms with E-state index >= 15 is 0 Å². The van der Waals surface area contributed by atoms with E-state index in [1.807, 2.05) is 66.7 Å². The number of nitrogens with zero attached hydrogens (tertiary/aromatic N) is 1. The molecule has 1 aromatic heterocycles. The molecule has 0 unspecified atom stereocenters. The molecule has 1 aliphatic heterocycles. The largest absolute Gasteiger partial charge is 0.487 e. The number of pyridine rings is 1. The van der Waals surface area contributed by atoms with Crippen molar-refractivity contribution in [1.29, 1.82) is 0 Å². The zero-order valence-corrected chi connectivity index (χ0v) is 17.9. The average Bonchev–Trinajstić information content (AvgIpc) is 2.84. The smallest absolute Gasteiger partial charge is 0.161 e. The highest BCUT2D eigenvalue weighted by molar-refractivity contribution is 5.40. The highest BCUT2D eigenvalue weighted by Crippen LogP contribution is 2.28. The maximum atomic E-state index is 6.09. The number of rotatable bonds is 3. The average molecular weight is 437 g/mol. The van der Waals surface area contributed by atoms with Gasteiger partial charge in [0.2, 0.25) is 0 Å². The maximum Gasteiger partial charge on any atom is 0.161 e. The SMILES string of the molecule is c1ccc(COC2COc3ccccc3OCCOCCOc3ccccc3OC2)nc1. The predicted octanol–water partition coefficient (Wildman–Crippen LogP) is 3.91. The van der Waals surface area contributed by atoms with Gasteiger partial charge in [0.15, 0.2) is 23.0 Å². The van der Waals surface area contributed by atoms with Crippen LogP contribution in [0, 0.1) is 0 Å². The van der Waals surface area contributed by atoms with Gasteiger partial charge in [0.25, 0.3) is 0 Å². The lowest BCUT2D eigenvalue weighted by Crippen LogP contribution is -2.29. The van der Waals surface area contributed by atoms with E-state index in [0.29, 0.717) is 56.0 Å². The molecular weight excluding hydrogens is 410 g/mol. The number of benzene rings is 2. The van der Waals surface area contributed by atoms with Gasteiger partial charge in [-0.05, 0) is 36.4 Å². The van der Waals surface area contributed by atoms with Gasteiger partial charge in [-0.3, -0.25) is 4.98 Å². The molecule has 0 saturated heterocycles. The number of para-hydroxylation sites is 4. The Bertz CT molecular complexity index is 896. The third-order valence-electron chi connectivity index (χ3n) is 4.71. The van der Waals surface area contributed by atoms with Crippen LogP contribution in [-0.2, 0) is 16.1 Å². The first-order chi connectivity index (χ1) is 15.9. The van der Waals surface area contributed by atoms with E-state index in [4.69, 9.17) is 28.4 Å². The van der Waals surface area contributed by atoms with E-state index in [9.17, 15) is 0 Å². The van der Waals surface area contributed by atoms with Gasteiger partial charge < -0.3 is 28.4 Å². The Balaban J connectivity index is 1.49. The molecular formula is C25H27NO6. The summed E-state index contributed by atoms with van der Waals surface area (Å²) in [5.74, 6) is 2.62. The minimum absolute atomic E-state index is 0.284. The number of ether oxygens (including phenoxy) is 6. The summed E-state index contributed by atoms with van der Waals surface area (Å²) in [5.41, 5.74) is 0.840. The van der Waals surface area contributed by atoms with Gasteiger partial charge in [0, 0.05) is 6.20 Å². The van der Waals surface area contributed by atoms with Crippen molar-refractivity contribution in [2.75, 3.05) is 39.6 Å². The van der Waals surface area contributed by atoms with Crippen LogP contribution in [0.4, 0.5) is 0 Å². The zero-order chi connectivity index (χ0) is 21.8. The highest BCUT2D eigenvalue weighted by atomic mass is 16.6. The molecule has 0 saturated carbocycles. The molecule has 2 aromatic carbocycles. The third-order valence-corrected chi connectivity index (χ3v) is 4.71. The Morgan fingerprint density at radius 3 is 1.72 bits per heavy atom. The first-order valence-electron chi connectivity index (χ1n) is 10.7. The van der Waals surface area contributed by atoms with Crippen LogP contribution < -0.4 is 18.9 Å². The van der Waals surface area contributed by atoms with Crippen molar-refractivity contribution in [3.8, 4) is 23.0 Å². The molecule has 0 fully saturated rings. The van der Waals surface area contributed by atoms with E-state index in [1.54, 1.807) is 6.20 Å². The van der Waals surface area contributed by atoms with Crippen molar-refractivity contribution in [2.24, 2.45) is 0 Å². The van der Waals surface area contributed by atoms with Gasteiger partial charge in [-0.25, -0.2) is 0 Å². The lowest BCUT2D eigenvalue weighted by atomic mass is 10.3. The quantitative estimate of drug-likeness (QED) is 0.615. The summed E-state index contributed by atoms with van der Waals surface area (Å²) in [5, 5.41) is 0. The fourth-order valence-electron chi connectivity index (χ4n) is 3.10. The van der Waals surface area contributed by atoms with Gasteiger partial charge in [-0.2, -0.15) is 0 Å². The van der Waals surface area contributed by atoms with Crippen molar-refractivity contribution in [3.63, 3.8) is 0 Å². The lowest BCUT2D eigenvalue weighted by molar-refractivity contribution is -0.0194. The molecule has 168 valence electrons. The van der Waals surface area contributed by atoms with Crippen LogP contribution in [0.15, 0.2) is 72.9 Å². The van der Waals surface area contributed by atoms with Crippen LogP contribution >= 0.6 is 0 Å². The summed E-state index contributed by atoms with van der Waals surface area (Å²) in [6.07, 6.45) is 1.41. The van der Waals surface area contributed by atoms with Crippen LogP contribution in [0.25, 0.3) is 0 Å². The molecule has 7 heteroatoms. The summed E-state index contributed by atoms with van der Waals surface area (Å²) in [4.78, 5) is 4.32. The summed E-state index contributed by atoms with van der Waals surface area (Å²) >= 11 is 0. The molecule has 0 atom stereocenters. The monoisotopic (exact) mass is 437 g/mol. The molecule has 32 heavy (non-hydrogen) atoms. The molecule has 0 aliphatic carbocycles. The first kappa shape index (κ1) is 21.9. The minimum atomic E-state index is -0.339. The fraction of sp³-hybridized carbons (Fsp3) is 0.320. The van der Waals surface area contributed by atoms with E-state index in [0.717, 1.165) is 5.69 Å². The van der Waals surface area contributed by atoms with E-state index in [1.165, 1.54) is 0 Å². The molecule has 1 aliphatic rings. The van der Waals surface area contributed by atoms with E-state index < -0.39 is 0 Å². The van der Waals surface area contributed by atoms with Crippen LogP contribution in [0.2, 0.25) is 0 Å². The van der Waals surface area contributed by atoms with Gasteiger partial charge in [0.05, 0.1) is 25.5 Å². The molecule has 0 amide bonds. The summed E-state index contributed by atoms with van der Waals surface area (Å²) < 4.78 is 35.5. The molecule has 0 bridgehead atoms. The minimum Gasteiger partial charge on any atom is -0.487 e. The highest BCUT2D eigenvalue weighted by Gasteiger charge is 2.16. The zero-order valence-electron chi connectivity index (χ0n) is 17.9. The van der Waals surface area contributed by atoms with Crippen LogP contribution in [0.1, 0.15) is 5.69 Å². The van der Waals surface area contributed by atoms with E-state index in [2.05, 4.69) is 4.98 Å². The number of aromatic nitrogens is 1. The molecule has 0 spiro atoms. The topological polar surface area (TPSA) is 68.3 Å². The normalized spacial score (nSPS) is 15.8. The van der Waals surface area contributed by atoms with Crippen LogP contribution in [0.5, 0.6) is 23.0 Å². The molecule has 0 radical (unpaired) electrons. The Hall–Kier alpha value is -3.29. The summed E-state index contributed by atoms with van der Waals surface area (Å²) in [6.45, 7) is 2.65. The number of fused-ring (bicyclic) bond motifs is 2. The molecule has 7 nitrogen and oxygen atoms in total. The van der Waals surface area contributed by atoms with Gasteiger partial charge in [0.1, 0.15) is 32.5 Å². The second-order valence-corrected chi connectivity index (χ2v) is 7.08. The fourth-order valence-corrected chi connectivity index (χ4v) is 3.10. The molecule has 2 heterocycles. The Kier molecular flexibility index (Phi) is 8.17. The Morgan fingerprint density at radius 1 is 0.656 bits per heavy atom. The van der Waals surface area contributed by atoms with Crippen molar-refractivity contribution in [2.45, 2.75) is 12.7 Å². The summed E-state index contributed by atoms with van der Waals surface area (Å²) in [7, 11) is 0. The number of hydrogen-bond acceptors (Lipinski definition) is 7. The van der Waals surface area contributed by atoms with Gasteiger partial charge in [-0.1, -0.05) is 30.3 Å². The second kappa shape index (κ2) is 11.9. The van der Waals surface area contributed by atoms with Crippen molar-refractivity contribution in [1.82, 2.24) is 4.98 Å². The summed E-state index contributed by atoms with van der Waals surface area (Å²) in [6, 6.07) is 20.9. The molecule has 3 aromatic rings. The van der Waals surface area contributed by atoms with Crippen molar-refractivity contribution >= 4 is 0 Å². The Morgan fingerprint density at radius 2 is 1.19 bits per heavy atom.